The van der Waals surface area contributed by atoms with E-state index in [1.165, 1.54) is 23.9 Å². The third kappa shape index (κ3) is 6.30. The summed E-state index contributed by atoms with van der Waals surface area (Å²) in [5, 5.41) is 14.1. The van der Waals surface area contributed by atoms with Gasteiger partial charge in [-0.2, -0.15) is 0 Å². The van der Waals surface area contributed by atoms with E-state index in [0.717, 1.165) is 5.75 Å². The summed E-state index contributed by atoms with van der Waals surface area (Å²) in [5.41, 5.74) is 0.780. The van der Waals surface area contributed by atoms with Gasteiger partial charge in [-0.1, -0.05) is 23.9 Å². The zero-order valence-corrected chi connectivity index (χ0v) is 18.6. The van der Waals surface area contributed by atoms with Gasteiger partial charge in [0, 0.05) is 12.2 Å². The molecular formula is C22H24FN5O3S. The molecule has 0 aliphatic heterocycles. The Kier molecular flexibility index (Phi) is 8.20. The molecule has 3 rings (SSSR count). The third-order valence-corrected chi connectivity index (χ3v) is 5.32. The average Bonchev–Trinajstić information content (AvgIpc) is 3.16. The van der Waals surface area contributed by atoms with E-state index in [4.69, 9.17) is 4.74 Å². The van der Waals surface area contributed by atoms with Gasteiger partial charge in [0.05, 0.1) is 24.5 Å². The molecule has 0 bridgehead atoms. The maximum Gasteiger partial charge on any atom is 0.234 e. The highest BCUT2D eigenvalue weighted by Gasteiger charge is 2.17. The predicted octanol–water partition coefficient (Wildman–Crippen LogP) is 3.75. The molecule has 8 nitrogen and oxygen atoms in total. The minimum atomic E-state index is -0.507. The van der Waals surface area contributed by atoms with Gasteiger partial charge in [-0.05, 0) is 50.2 Å². The van der Waals surface area contributed by atoms with Gasteiger partial charge >= 0.3 is 0 Å². The molecule has 168 valence electrons. The molecular weight excluding hydrogens is 433 g/mol. The SMILES string of the molecule is CCOc1ccc(NC(=O)CSc2nnc(CC(=O)Nc3ccccc3F)n2CC)cc1. The molecule has 0 unspecified atom stereocenters. The smallest absolute Gasteiger partial charge is 0.234 e. The van der Waals surface area contributed by atoms with Crippen LogP contribution in [-0.4, -0.2) is 38.9 Å². The molecule has 0 radical (unpaired) electrons. The first-order valence-corrected chi connectivity index (χ1v) is 11.1. The van der Waals surface area contributed by atoms with E-state index in [-0.39, 0.29) is 23.8 Å². The lowest BCUT2D eigenvalue weighted by molar-refractivity contribution is -0.116. The van der Waals surface area contributed by atoms with Crippen LogP contribution in [0.2, 0.25) is 0 Å². The lowest BCUT2D eigenvalue weighted by atomic mass is 10.3. The zero-order chi connectivity index (χ0) is 22.9. The maximum atomic E-state index is 13.7. The Morgan fingerprint density at radius 1 is 1.03 bits per heavy atom. The number of thioether (sulfide) groups is 1. The molecule has 2 amide bonds. The number of benzene rings is 2. The quantitative estimate of drug-likeness (QED) is 0.450. The Morgan fingerprint density at radius 2 is 1.78 bits per heavy atom. The lowest BCUT2D eigenvalue weighted by Crippen LogP contribution is -2.18. The Bertz CT molecular complexity index is 1070. The Hall–Kier alpha value is -3.40. The molecule has 2 aromatic carbocycles. The van der Waals surface area contributed by atoms with Gasteiger partial charge in [0.25, 0.3) is 0 Å². The summed E-state index contributed by atoms with van der Waals surface area (Å²) in [5.74, 6) is 0.212. The van der Waals surface area contributed by atoms with Crippen LogP contribution in [0.5, 0.6) is 5.75 Å². The fourth-order valence-electron chi connectivity index (χ4n) is 2.90. The highest BCUT2D eigenvalue weighted by Crippen LogP contribution is 2.20. The van der Waals surface area contributed by atoms with Crippen LogP contribution in [0.15, 0.2) is 53.7 Å². The van der Waals surface area contributed by atoms with Crippen molar-refractivity contribution >= 4 is 35.0 Å². The van der Waals surface area contributed by atoms with E-state index in [1.54, 1.807) is 41.0 Å². The van der Waals surface area contributed by atoms with E-state index in [0.29, 0.717) is 29.8 Å². The molecule has 0 saturated heterocycles. The van der Waals surface area contributed by atoms with Crippen molar-refractivity contribution in [3.63, 3.8) is 0 Å². The number of hydrogen-bond acceptors (Lipinski definition) is 6. The fourth-order valence-corrected chi connectivity index (χ4v) is 3.72. The molecule has 0 fully saturated rings. The Morgan fingerprint density at radius 3 is 2.47 bits per heavy atom. The van der Waals surface area contributed by atoms with Crippen molar-refractivity contribution in [1.82, 2.24) is 14.8 Å². The Labute approximate surface area is 189 Å². The van der Waals surface area contributed by atoms with Crippen LogP contribution in [0.3, 0.4) is 0 Å². The normalized spacial score (nSPS) is 10.6. The molecule has 10 heteroatoms. The van der Waals surface area contributed by atoms with Crippen LogP contribution in [0.25, 0.3) is 0 Å². The summed E-state index contributed by atoms with van der Waals surface area (Å²) in [4.78, 5) is 24.6. The summed E-state index contributed by atoms with van der Waals surface area (Å²) >= 11 is 1.23. The van der Waals surface area contributed by atoms with Crippen molar-refractivity contribution in [2.45, 2.75) is 32.0 Å². The maximum absolute atomic E-state index is 13.7. The molecule has 0 saturated carbocycles. The Balaban J connectivity index is 1.55. The predicted molar refractivity (Wildman–Crippen MR) is 121 cm³/mol. The van der Waals surface area contributed by atoms with Gasteiger partial charge in [-0.3, -0.25) is 9.59 Å². The van der Waals surface area contributed by atoms with Crippen molar-refractivity contribution < 1.29 is 18.7 Å². The van der Waals surface area contributed by atoms with Crippen molar-refractivity contribution in [3.8, 4) is 5.75 Å². The topological polar surface area (TPSA) is 98.1 Å². The molecule has 1 aromatic heterocycles. The lowest BCUT2D eigenvalue weighted by Gasteiger charge is -2.09. The number of rotatable bonds is 10. The molecule has 0 aliphatic rings. The van der Waals surface area contributed by atoms with Crippen molar-refractivity contribution in [2.75, 3.05) is 23.0 Å². The number of aromatic nitrogens is 3. The van der Waals surface area contributed by atoms with Gasteiger partial charge in [0.2, 0.25) is 11.8 Å². The molecule has 1 heterocycles. The summed E-state index contributed by atoms with van der Waals surface area (Å²) in [6.45, 7) is 4.90. The first kappa shape index (κ1) is 23.3. The standard InChI is InChI=1S/C22H24FN5O3S/c1-3-28-19(13-20(29)25-18-8-6-5-7-17(18)23)26-27-22(28)32-14-21(30)24-15-9-11-16(12-10-15)31-4-2/h5-12H,3-4,13-14H2,1-2H3,(H,24,30)(H,25,29). The van der Waals surface area contributed by atoms with Gasteiger partial charge < -0.3 is 19.9 Å². The minimum absolute atomic E-state index is 0.0614. The number of hydrogen-bond donors (Lipinski definition) is 2. The van der Waals surface area contributed by atoms with Crippen molar-refractivity contribution in [2.24, 2.45) is 0 Å². The number of nitrogens with zero attached hydrogens (tertiary/aromatic N) is 3. The van der Waals surface area contributed by atoms with Crippen molar-refractivity contribution in [3.05, 3.63) is 60.2 Å². The first-order valence-electron chi connectivity index (χ1n) is 10.1. The number of ether oxygens (including phenoxy) is 1. The summed E-state index contributed by atoms with van der Waals surface area (Å²) in [7, 11) is 0. The number of amides is 2. The van der Waals surface area contributed by atoms with Crippen LogP contribution in [-0.2, 0) is 22.6 Å². The van der Waals surface area contributed by atoms with Crippen LogP contribution < -0.4 is 15.4 Å². The molecule has 0 atom stereocenters. The van der Waals surface area contributed by atoms with E-state index in [1.807, 2.05) is 13.8 Å². The number of nitrogens with one attached hydrogen (secondary N) is 2. The van der Waals surface area contributed by atoms with Crippen LogP contribution in [0.1, 0.15) is 19.7 Å². The molecule has 0 spiro atoms. The fraction of sp³-hybridized carbons (Fsp3) is 0.273. The van der Waals surface area contributed by atoms with Gasteiger partial charge in [-0.15, -0.1) is 10.2 Å². The van der Waals surface area contributed by atoms with Crippen LogP contribution >= 0.6 is 11.8 Å². The monoisotopic (exact) mass is 457 g/mol. The van der Waals surface area contributed by atoms with Gasteiger partial charge in [-0.25, -0.2) is 4.39 Å². The second-order valence-electron chi connectivity index (χ2n) is 6.64. The largest absolute Gasteiger partial charge is 0.494 e. The number of carbonyl (C=O) groups is 2. The average molecular weight is 458 g/mol. The molecule has 2 N–H and O–H groups in total. The number of halogens is 1. The molecule has 32 heavy (non-hydrogen) atoms. The van der Waals surface area contributed by atoms with E-state index < -0.39 is 11.7 Å². The minimum Gasteiger partial charge on any atom is -0.494 e. The number of para-hydroxylation sites is 1. The molecule has 3 aromatic rings. The second kappa shape index (κ2) is 11.3. The first-order chi connectivity index (χ1) is 15.5. The summed E-state index contributed by atoms with van der Waals surface area (Å²) in [6.07, 6.45) is -0.0614. The zero-order valence-electron chi connectivity index (χ0n) is 17.8. The highest BCUT2D eigenvalue weighted by molar-refractivity contribution is 7.99. The highest BCUT2D eigenvalue weighted by atomic mass is 32.2. The molecule has 0 aliphatic carbocycles. The van der Waals surface area contributed by atoms with E-state index in [9.17, 15) is 14.0 Å². The van der Waals surface area contributed by atoms with E-state index in [2.05, 4.69) is 20.8 Å². The second-order valence-corrected chi connectivity index (χ2v) is 7.58. The summed E-state index contributed by atoms with van der Waals surface area (Å²) < 4.78 is 20.9. The number of anilines is 2. The summed E-state index contributed by atoms with van der Waals surface area (Å²) in [6, 6.07) is 13.1. The van der Waals surface area contributed by atoms with Crippen molar-refractivity contribution in [1.29, 1.82) is 0 Å². The number of carbonyl (C=O) groups excluding carboxylic acids is 2. The van der Waals surface area contributed by atoms with E-state index >= 15 is 0 Å². The van der Waals surface area contributed by atoms with Crippen LogP contribution in [0, 0.1) is 5.82 Å². The van der Waals surface area contributed by atoms with Gasteiger partial charge in [0.15, 0.2) is 5.16 Å². The third-order valence-electron chi connectivity index (χ3n) is 4.36. The van der Waals surface area contributed by atoms with Crippen LogP contribution in [0.4, 0.5) is 15.8 Å². The van der Waals surface area contributed by atoms with Gasteiger partial charge in [0.1, 0.15) is 17.4 Å².